The number of alkyl halides is 3. The number of nitrogens with zero attached hydrogens (tertiary/aromatic N) is 2. The molecule has 2 aliphatic heterocycles. The molecule has 32 heavy (non-hydrogen) atoms. The van der Waals surface area contributed by atoms with E-state index in [9.17, 15) is 26.4 Å². The van der Waals surface area contributed by atoms with Gasteiger partial charge in [0, 0.05) is 36.6 Å². The fraction of sp³-hybridized carbons (Fsp3) is 0.318. The van der Waals surface area contributed by atoms with E-state index in [2.05, 4.69) is 6.58 Å². The Morgan fingerprint density at radius 3 is 2.41 bits per heavy atom. The van der Waals surface area contributed by atoms with Crippen LogP contribution in [0.4, 0.5) is 13.2 Å². The van der Waals surface area contributed by atoms with E-state index in [4.69, 9.17) is 4.74 Å². The van der Waals surface area contributed by atoms with Crippen molar-refractivity contribution in [1.82, 2.24) is 9.21 Å². The average molecular weight is 466 g/mol. The molecule has 1 atom stereocenters. The fourth-order valence-electron chi connectivity index (χ4n) is 4.03. The Kier molecular flexibility index (Phi) is 5.76. The monoisotopic (exact) mass is 466 g/mol. The predicted octanol–water partition coefficient (Wildman–Crippen LogP) is 4.04. The number of sulfonamides is 1. The minimum Gasteiger partial charge on any atom is -0.457 e. The quantitative estimate of drug-likeness (QED) is 0.667. The van der Waals surface area contributed by atoms with Gasteiger partial charge in [0.1, 0.15) is 11.5 Å². The molecule has 1 amide bonds. The lowest BCUT2D eigenvalue weighted by Gasteiger charge is -2.33. The molecule has 0 spiro atoms. The Balaban J connectivity index is 1.50. The molecule has 2 aliphatic rings. The van der Waals surface area contributed by atoms with Crippen LogP contribution in [0.5, 0.6) is 11.5 Å². The lowest BCUT2D eigenvalue weighted by Crippen LogP contribution is -2.46. The van der Waals surface area contributed by atoms with Crippen LogP contribution in [0.25, 0.3) is 0 Å². The van der Waals surface area contributed by atoms with Crippen LogP contribution in [-0.4, -0.2) is 49.2 Å². The number of ether oxygens (including phenoxy) is 1. The van der Waals surface area contributed by atoms with Gasteiger partial charge in [-0.1, -0.05) is 12.6 Å². The summed E-state index contributed by atoms with van der Waals surface area (Å²) < 4.78 is 69.2. The van der Waals surface area contributed by atoms with Gasteiger partial charge >= 0.3 is 6.18 Å². The van der Waals surface area contributed by atoms with E-state index in [1.165, 1.54) is 16.4 Å². The summed E-state index contributed by atoms with van der Waals surface area (Å²) in [6.45, 7) is 4.37. The van der Waals surface area contributed by atoms with Crippen molar-refractivity contribution in [3.8, 4) is 11.5 Å². The van der Waals surface area contributed by atoms with Crippen LogP contribution in [0.3, 0.4) is 0 Å². The van der Waals surface area contributed by atoms with Crippen LogP contribution in [0.15, 0.2) is 54.5 Å². The molecule has 2 aromatic rings. The van der Waals surface area contributed by atoms with Crippen molar-refractivity contribution < 1.29 is 31.1 Å². The van der Waals surface area contributed by atoms with Gasteiger partial charge in [0.05, 0.1) is 5.56 Å². The number of fused-ring (bicyclic) bond motifs is 1. The van der Waals surface area contributed by atoms with Crippen molar-refractivity contribution >= 4 is 15.9 Å². The third-order valence-corrected chi connectivity index (χ3v) is 7.22. The highest BCUT2D eigenvalue weighted by Gasteiger charge is 2.37. The highest BCUT2D eigenvalue weighted by atomic mass is 32.2. The molecule has 0 aliphatic carbocycles. The first kappa shape index (κ1) is 22.3. The van der Waals surface area contributed by atoms with Crippen molar-refractivity contribution in [2.75, 3.05) is 19.6 Å². The van der Waals surface area contributed by atoms with E-state index in [1.54, 1.807) is 23.1 Å². The highest BCUT2D eigenvalue weighted by Crippen LogP contribution is 2.33. The molecular weight excluding hydrogens is 445 g/mol. The SMILES string of the molecule is C=CS(=O)(=O)N1CCC(N2CCc3ccc(Oc4ccc(C(F)(F)F)cc4)cc3C2=O)C1. The maximum atomic E-state index is 13.1. The van der Waals surface area contributed by atoms with Gasteiger partial charge in [0.25, 0.3) is 5.91 Å². The third-order valence-electron chi connectivity index (χ3n) is 5.75. The largest absolute Gasteiger partial charge is 0.457 e. The first-order valence-corrected chi connectivity index (χ1v) is 11.5. The third kappa shape index (κ3) is 4.37. The Labute approximate surface area is 183 Å². The van der Waals surface area contributed by atoms with E-state index < -0.39 is 21.8 Å². The first-order valence-electron chi connectivity index (χ1n) is 10.00. The summed E-state index contributed by atoms with van der Waals surface area (Å²) in [5.41, 5.74) is 0.524. The number of amides is 1. The molecule has 1 unspecified atom stereocenters. The number of rotatable bonds is 5. The van der Waals surface area contributed by atoms with Gasteiger partial charge in [0.15, 0.2) is 0 Å². The maximum absolute atomic E-state index is 13.1. The molecule has 0 aromatic heterocycles. The van der Waals surface area contributed by atoms with Gasteiger partial charge in [0.2, 0.25) is 10.0 Å². The number of hydrogen-bond donors (Lipinski definition) is 0. The second-order valence-corrected chi connectivity index (χ2v) is 9.58. The average Bonchev–Trinajstić information content (AvgIpc) is 3.25. The van der Waals surface area contributed by atoms with Crippen LogP contribution in [-0.2, 0) is 22.6 Å². The van der Waals surface area contributed by atoms with Crippen molar-refractivity contribution in [3.63, 3.8) is 0 Å². The van der Waals surface area contributed by atoms with Crippen LogP contribution >= 0.6 is 0 Å². The molecule has 0 saturated carbocycles. The number of benzene rings is 2. The second kappa shape index (κ2) is 8.25. The van der Waals surface area contributed by atoms with Crippen molar-refractivity contribution in [2.24, 2.45) is 0 Å². The Bertz CT molecular complexity index is 1150. The lowest BCUT2D eigenvalue weighted by atomic mass is 9.97. The van der Waals surface area contributed by atoms with Gasteiger partial charge in [-0.05, 0) is 54.8 Å². The first-order chi connectivity index (χ1) is 15.1. The molecule has 10 heteroatoms. The smallest absolute Gasteiger partial charge is 0.416 e. The molecule has 4 rings (SSSR count). The van der Waals surface area contributed by atoms with E-state index in [1.807, 2.05) is 0 Å². The molecule has 0 N–H and O–H groups in total. The molecule has 0 radical (unpaired) electrons. The predicted molar refractivity (Wildman–Crippen MR) is 112 cm³/mol. The summed E-state index contributed by atoms with van der Waals surface area (Å²) in [5, 5.41) is 0.910. The van der Waals surface area contributed by atoms with E-state index >= 15 is 0 Å². The molecule has 0 bridgehead atoms. The van der Waals surface area contributed by atoms with Gasteiger partial charge < -0.3 is 9.64 Å². The Hall–Kier alpha value is -2.85. The fourth-order valence-corrected chi connectivity index (χ4v) is 4.98. The summed E-state index contributed by atoms with van der Waals surface area (Å²) in [4.78, 5) is 14.8. The Morgan fingerprint density at radius 2 is 1.75 bits per heavy atom. The van der Waals surface area contributed by atoms with Crippen molar-refractivity contribution in [2.45, 2.75) is 25.1 Å². The summed E-state index contributed by atoms with van der Waals surface area (Å²) in [6, 6.07) is 9.11. The zero-order chi connectivity index (χ0) is 23.1. The molecule has 6 nitrogen and oxygen atoms in total. The van der Waals surface area contributed by atoms with E-state index in [-0.39, 0.29) is 24.2 Å². The lowest BCUT2D eigenvalue weighted by molar-refractivity contribution is -0.137. The number of hydrogen-bond acceptors (Lipinski definition) is 4. The van der Waals surface area contributed by atoms with Gasteiger partial charge in [-0.2, -0.15) is 17.5 Å². The van der Waals surface area contributed by atoms with Crippen LogP contribution in [0, 0.1) is 0 Å². The highest BCUT2D eigenvalue weighted by molar-refractivity contribution is 7.92. The molecule has 1 saturated heterocycles. The zero-order valence-corrected chi connectivity index (χ0v) is 17.8. The van der Waals surface area contributed by atoms with Gasteiger partial charge in [-0.25, -0.2) is 8.42 Å². The van der Waals surface area contributed by atoms with Crippen molar-refractivity contribution in [1.29, 1.82) is 0 Å². The van der Waals surface area contributed by atoms with Gasteiger partial charge in [-0.3, -0.25) is 4.79 Å². The molecule has 2 aromatic carbocycles. The number of halogens is 3. The summed E-state index contributed by atoms with van der Waals surface area (Å²) in [7, 11) is -3.53. The topological polar surface area (TPSA) is 66.9 Å². The molecule has 1 fully saturated rings. The molecular formula is C22H21F3N2O4S. The van der Waals surface area contributed by atoms with Gasteiger partial charge in [-0.15, -0.1) is 0 Å². The molecule has 170 valence electrons. The minimum absolute atomic E-state index is 0.216. The van der Waals surface area contributed by atoms with E-state index in [0.717, 1.165) is 23.1 Å². The van der Waals surface area contributed by atoms with Crippen LogP contribution < -0.4 is 4.74 Å². The number of carbonyl (C=O) groups excluding carboxylic acids is 1. The zero-order valence-electron chi connectivity index (χ0n) is 17.0. The minimum atomic E-state index is -4.43. The summed E-state index contributed by atoms with van der Waals surface area (Å²) in [5.74, 6) is 0.340. The Morgan fingerprint density at radius 1 is 1.06 bits per heavy atom. The van der Waals surface area contributed by atoms with Crippen LogP contribution in [0.2, 0.25) is 0 Å². The standard InChI is InChI=1S/C22H21F3N2O4S/c1-2-32(29,30)26-11-10-17(14-26)27-12-9-15-3-6-19(13-20(15)21(27)28)31-18-7-4-16(5-8-18)22(23,24)25/h2-8,13,17H,1,9-12,14H2. The maximum Gasteiger partial charge on any atom is 0.416 e. The van der Waals surface area contributed by atoms with Crippen LogP contribution in [0.1, 0.15) is 27.9 Å². The summed E-state index contributed by atoms with van der Waals surface area (Å²) in [6.07, 6.45) is -3.27. The second-order valence-electron chi connectivity index (χ2n) is 7.70. The molecule has 2 heterocycles. The van der Waals surface area contributed by atoms with Crippen molar-refractivity contribution in [3.05, 3.63) is 71.1 Å². The summed E-state index contributed by atoms with van der Waals surface area (Å²) >= 11 is 0. The number of carbonyl (C=O) groups is 1. The van der Waals surface area contributed by atoms with E-state index in [0.29, 0.717) is 37.2 Å². The normalized spacial score (nSPS) is 19.7.